The molecule has 27 heavy (non-hydrogen) atoms. The van der Waals surface area contributed by atoms with E-state index in [1.165, 1.54) is 23.1 Å². The van der Waals surface area contributed by atoms with Crippen molar-refractivity contribution in [2.24, 2.45) is 0 Å². The average Bonchev–Trinajstić information content (AvgIpc) is 2.66. The first-order valence-electron chi connectivity index (χ1n) is 8.98. The summed E-state index contributed by atoms with van der Waals surface area (Å²) in [5, 5.41) is 0.425. The smallest absolute Gasteiger partial charge is 0.451 e. The van der Waals surface area contributed by atoms with Crippen LogP contribution in [0.5, 0.6) is 0 Å². The van der Waals surface area contributed by atoms with Gasteiger partial charge in [-0.2, -0.15) is 13.2 Å². The number of alkyl halides is 3. The van der Waals surface area contributed by atoms with Crippen LogP contribution in [0.3, 0.4) is 0 Å². The van der Waals surface area contributed by atoms with Gasteiger partial charge < -0.3 is 14.5 Å². The quantitative estimate of drug-likeness (QED) is 0.812. The zero-order valence-corrected chi connectivity index (χ0v) is 15.3. The Morgan fingerprint density at radius 1 is 1.22 bits per heavy atom. The minimum Gasteiger partial charge on any atom is -0.462 e. The zero-order chi connectivity index (χ0) is 19.6. The van der Waals surface area contributed by atoms with Crippen molar-refractivity contribution in [2.75, 3.05) is 44.2 Å². The maximum absolute atomic E-state index is 13.3. The van der Waals surface area contributed by atoms with E-state index in [1.807, 2.05) is 4.90 Å². The molecule has 1 aromatic heterocycles. The van der Waals surface area contributed by atoms with Crippen molar-refractivity contribution in [3.8, 4) is 0 Å². The second kappa shape index (κ2) is 7.67. The lowest BCUT2D eigenvalue weighted by atomic mass is 10.1. The molecule has 1 aromatic carbocycles. The standard InChI is InChI=1S/C18H21F3N4O2/c1-3-24-7-9-25(10-8-24)15-13-11-12(16(26)27-4-2)5-6-14(13)22-17(23-15)18(19,20)21/h5-6,11H,3-4,7-10H2,1-2H3/p+1. The predicted octanol–water partition coefficient (Wildman–Crippen LogP) is 1.55. The molecule has 1 fully saturated rings. The van der Waals surface area contributed by atoms with Gasteiger partial charge in [-0.3, -0.25) is 0 Å². The Morgan fingerprint density at radius 2 is 1.93 bits per heavy atom. The lowest BCUT2D eigenvalue weighted by Gasteiger charge is -2.33. The molecule has 0 amide bonds. The summed E-state index contributed by atoms with van der Waals surface area (Å²) in [5.74, 6) is -1.47. The van der Waals surface area contributed by atoms with E-state index in [2.05, 4.69) is 16.9 Å². The number of hydrogen-bond acceptors (Lipinski definition) is 5. The number of ether oxygens (including phenoxy) is 1. The van der Waals surface area contributed by atoms with Gasteiger partial charge in [-0.05, 0) is 32.0 Å². The number of carbonyl (C=O) groups excluding carboxylic acids is 1. The number of esters is 1. The van der Waals surface area contributed by atoms with Gasteiger partial charge in [0.15, 0.2) is 0 Å². The van der Waals surface area contributed by atoms with E-state index >= 15 is 0 Å². The van der Waals surface area contributed by atoms with E-state index in [4.69, 9.17) is 4.74 Å². The predicted molar refractivity (Wildman–Crippen MR) is 93.9 cm³/mol. The molecule has 0 aliphatic carbocycles. The van der Waals surface area contributed by atoms with Crippen LogP contribution in [0, 0.1) is 0 Å². The maximum Gasteiger partial charge on any atom is 0.451 e. The van der Waals surface area contributed by atoms with Crippen LogP contribution in [0.25, 0.3) is 10.9 Å². The first-order valence-corrected chi connectivity index (χ1v) is 8.98. The molecule has 0 spiro atoms. The molecule has 0 atom stereocenters. The third-order valence-corrected chi connectivity index (χ3v) is 4.71. The highest BCUT2D eigenvalue weighted by Gasteiger charge is 2.36. The molecule has 146 valence electrons. The molecular weight excluding hydrogens is 361 g/mol. The number of quaternary nitrogens is 1. The van der Waals surface area contributed by atoms with E-state index in [0.717, 1.165) is 19.6 Å². The van der Waals surface area contributed by atoms with Crippen molar-refractivity contribution < 1.29 is 27.6 Å². The molecule has 1 saturated heterocycles. The Hall–Kier alpha value is -2.42. The van der Waals surface area contributed by atoms with Gasteiger partial charge in [-0.15, -0.1) is 0 Å². The molecule has 1 aliphatic rings. The van der Waals surface area contributed by atoms with Crippen LogP contribution < -0.4 is 9.80 Å². The normalized spacial score (nSPS) is 16.0. The van der Waals surface area contributed by atoms with Gasteiger partial charge in [0.2, 0.25) is 5.82 Å². The molecule has 0 radical (unpaired) electrons. The van der Waals surface area contributed by atoms with Crippen molar-refractivity contribution in [1.29, 1.82) is 0 Å². The van der Waals surface area contributed by atoms with E-state index in [-0.39, 0.29) is 23.5 Å². The van der Waals surface area contributed by atoms with Crippen molar-refractivity contribution in [3.05, 3.63) is 29.6 Å². The molecule has 0 bridgehead atoms. The van der Waals surface area contributed by atoms with Crippen molar-refractivity contribution >= 4 is 22.7 Å². The molecule has 3 rings (SSSR count). The van der Waals surface area contributed by atoms with Gasteiger partial charge in [0.05, 0.1) is 50.4 Å². The Bertz CT molecular complexity index is 833. The van der Waals surface area contributed by atoms with E-state index in [9.17, 15) is 18.0 Å². The highest BCUT2D eigenvalue weighted by Crippen LogP contribution is 2.32. The molecule has 2 heterocycles. The number of likely N-dealkylation sites (N-methyl/N-ethyl adjacent to an activating group) is 1. The summed E-state index contributed by atoms with van der Waals surface area (Å²) < 4.78 is 44.8. The second-order valence-corrected chi connectivity index (χ2v) is 6.41. The molecular formula is C18H22F3N4O2+. The number of anilines is 1. The van der Waals surface area contributed by atoms with Crippen LogP contribution in [0.2, 0.25) is 0 Å². The Morgan fingerprint density at radius 3 is 2.52 bits per heavy atom. The van der Waals surface area contributed by atoms with Crippen molar-refractivity contribution in [2.45, 2.75) is 20.0 Å². The summed E-state index contributed by atoms with van der Waals surface area (Å²) in [5.41, 5.74) is 0.428. The lowest BCUT2D eigenvalue weighted by Crippen LogP contribution is -3.14. The summed E-state index contributed by atoms with van der Waals surface area (Å²) in [7, 11) is 0. The summed E-state index contributed by atoms with van der Waals surface area (Å²) in [6, 6.07) is 4.36. The summed E-state index contributed by atoms with van der Waals surface area (Å²) >= 11 is 0. The number of hydrogen-bond donors (Lipinski definition) is 1. The van der Waals surface area contributed by atoms with E-state index in [1.54, 1.807) is 6.92 Å². The molecule has 0 saturated carbocycles. The van der Waals surface area contributed by atoms with Crippen molar-refractivity contribution in [3.63, 3.8) is 0 Å². The highest BCUT2D eigenvalue weighted by atomic mass is 19.4. The molecule has 0 unspecified atom stereocenters. The van der Waals surface area contributed by atoms with Crippen LogP contribution in [0.1, 0.15) is 30.0 Å². The highest BCUT2D eigenvalue weighted by molar-refractivity contribution is 5.98. The molecule has 2 aromatic rings. The number of halogens is 3. The minimum absolute atomic E-state index is 0.158. The van der Waals surface area contributed by atoms with Crippen LogP contribution in [0.4, 0.5) is 19.0 Å². The Balaban J connectivity index is 2.08. The number of carbonyl (C=O) groups is 1. The fourth-order valence-electron chi connectivity index (χ4n) is 3.21. The largest absolute Gasteiger partial charge is 0.462 e. The molecule has 1 aliphatic heterocycles. The summed E-state index contributed by atoms with van der Waals surface area (Å²) in [6.07, 6.45) is -4.64. The van der Waals surface area contributed by atoms with Crippen LogP contribution in [0.15, 0.2) is 18.2 Å². The van der Waals surface area contributed by atoms with Gasteiger partial charge in [-0.25, -0.2) is 14.8 Å². The number of benzene rings is 1. The Kier molecular flexibility index (Phi) is 5.50. The Labute approximate surface area is 154 Å². The first kappa shape index (κ1) is 19.3. The minimum atomic E-state index is -4.64. The average molecular weight is 383 g/mol. The third kappa shape index (κ3) is 4.13. The number of fused-ring (bicyclic) bond motifs is 1. The lowest BCUT2D eigenvalue weighted by molar-refractivity contribution is -0.898. The van der Waals surface area contributed by atoms with Gasteiger partial charge in [0.25, 0.3) is 0 Å². The number of nitrogens with zero attached hydrogens (tertiary/aromatic N) is 3. The first-order chi connectivity index (χ1) is 12.8. The van der Waals surface area contributed by atoms with Gasteiger partial charge in [0.1, 0.15) is 5.82 Å². The van der Waals surface area contributed by atoms with Gasteiger partial charge in [0, 0.05) is 5.39 Å². The van der Waals surface area contributed by atoms with E-state index in [0.29, 0.717) is 18.5 Å². The van der Waals surface area contributed by atoms with Crippen LogP contribution in [-0.2, 0) is 10.9 Å². The number of piperazine rings is 1. The van der Waals surface area contributed by atoms with Gasteiger partial charge in [-0.1, -0.05) is 0 Å². The van der Waals surface area contributed by atoms with Crippen LogP contribution in [-0.4, -0.2) is 55.3 Å². The topological polar surface area (TPSA) is 59.8 Å². The SMILES string of the molecule is CCOC(=O)c1ccc2nc(C(F)(F)F)nc(N3CC[NH+](CC)CC3)c2c1. The molecule has 1 N–H and O–H groups in total. The third-order valence-electron chi connectivity index (χ3n) is 4.71. The monoisotopic (exact) mass is 383 g/mol. The fraction of sp³-hybridized carbons (Fsp3) is 0.500. The summed E-state index contributed by atoms with van der Waals surface area (Å²) in [6.45, 7) is 7.79. The molecule has 9 heteroatoms. The van der Waals surface area contributed by atoms with Crippen molar-refractivity contribution in [1.82, 2.24) is 9.97 Å². The number of nitrogens with one attached hydrogen (secondary N) is 1. The van der Waals surface area contributed by atoms with Gasteiger partial charge >= 0.3 is 12.1 Å². The fourth-order valence-corrected chi connectivity index (χ4v) is 3.21. The summed E-state index contributed by atoms with van der Waals surface area (Å²) in [4.78, 5) is 22.7. The maximum atomic E-state index is 13.3. The van der Waals surface area contributed by atoms with E-state index < -0.39 is 18.0 Å². The number of rotatable bonds is 4. The zero-order valence-electron chi connectivity index (χ0n) is 15.3. The van der Waals surface area contributed by atoms with Crippen LogP contribution >= 0.6 is 0 Å². The molecule has 6 nitrogen and oxygen atoms in total. The second-order valence-electron chi connectivity index (χ2n) is 6.41. The number of aromatic nitrogens is 2.